The molecule has 1 aromatic rings. The molecule has 0 spiro atoms. The van der Waals surface area contributed by atoms with Gasteiger partial charge in [-0.15, -0.1) is 0 Å². The number of rotatable bonds is 4. The zero-order valence-corrected chi connectivity index (χ0v) is 9.05. The molecular weight excluding hydrogens is 241 g/mol. The second kappa shape index (κ2) is 5.09. The second-order valence-electron chi connectivity index (χ2n) is 2.80. The van der Waals surface area contributed by atoms with Gasteiger partial charge in [0.05, 0.1) is 16.5 Å². The van der Waals surface area contributed by atoms with E-state index in [1.54, 1.807) is 0 Å². The topological polar surface area (TPSA) is 67.3 Å². The van der Waals surface area contributed by atoms with E-state index in [2.05, 4.69) is 4.98 Å². The van der Waals surface area contributed by atoms with Gasteiger partial charge in [-0.3, -0.25) is 14.6 Å². The number of carbonyl (C=O) groups excluding carboxylic acids is 1. The van der Waals surface area contributed by atoms with Crippen LogP contribution in [-0.2, 0) is 4.79 Å². The molecule has 1 rings (SSSR count). The molecule has 0 bridgehead atoms. The summed E-state index contributed by atoms with van der Waals surface area (Å²) in [5.74, 6) is -1.44. The number of hydrogen-bond donors (Lipinski definition) is 1. The highest BCUT2D eigenvalue weighted by atomic mass is 35.5. The molecule has 0 atom stereocenters. The van der Waals surface area contributed by atoms with Crippen LogP contribution in [-0.4, -0.2) is 21.8 Å². The number of hydrogen-bond acceptors (Lipinski definition) is 3. The van der Waals surface area contributed by atoms with Crippen LogP contribution in [0.1, 0.15) is 23.3 Å². The normalized spacial score (nSPS) is 10.0. The maximum absolute atomic E-state index is 11.4. The summed E-state index contributed by atoms with van der Waals surface area (Å²) in [7, 11) is 0. The SMILES string of the molecule is O=C(O)CCC(=O)c1ncc(Cl)cc1Cl. The van der Waals surface area contributed by atoms with E-state index in [4.69, 9.17) is 28.3 Å². The van der Waals surface area contributed by atoms with E-state index in [1.165, 1.54) is 12.3 Å². The Kier molecular flexibility index (Phi) is 4.05. The van der Waals surface area contributed by atoms with Crippen molar-refractivity contribution < 1.29 is 14.7 Å². The van der Waals surface area contributed by atoms with Gasteiger partial charge in [0.1, 0.15) is 5.69 Å². The first-order valence-corrected chi connectivity index (χ1v) is 4.82. The summed E-state index contributed by atoms with van der Waals surface area (Å²) >= 11 is 11.3. The Hall–Kier alpha value is -1.13. The summed E-state index contributed by atoms with van der Waals surface area (Å²) in [5.41, 5.74) is 0.0577. The number of carboxylic acid groups (broad SMARTS) is 1. The van der Waals surface area contributed by atoms with Crippen molar-refractivity contribution in [3.63, 3.8) is 0 Å². The van der Waals surface area contributed by atoms with E-state index in [9.17, 15) is 9.59 Å². The highest BCUT2D eigenvalue weighted by Gasteiger charge is 2.13. The van der Waals surface area contributed by atoms with Crippen molar-refractivity contribution in [2.24, 2.45) is 0 Å². The first-order chi connectivity index (χ1) is 7.00. The van der Waals surface area contributed by atoms with E-state index < -0.39 is 11.8 Å². The van der Waals surface area contributed by atoms with E-state index in [0.717, 1.165) is 0 Å². The lowest BCUT2D eigenvalue weighted by Gasteiger charge is -2.01. The van der Waals surface area contributed by atoms with Gasteiger partial charge in [-0.2, -0.15) is 0 Å². The fourth-order valence-electron chi connectivity index (χ4n) is 0.959. The van der Waals surface area contributed by atoms with Gasteiger partial charge in [0.15, 0.2) is 5.78 Å². The van der Waals surface area contributed by atoms with Gasteiger partial charge < -0.3 is 5.11 Å². The monoisotopic (exact) mass is 247 g/mol. The predicted molar refractivity (Wildman–Crippen MR) is 55.5 cm³/mol. The van der Waals surface area contributed by atoms with Gasteiger partial charge in [-0.1, -0.05) is 23.2 Å². The lowest BCUT2D eigenvalue weighted by Crippen LogP contribution is -2.06. The second-order valence-corrected chi connectivity index (χ2v) is 3.64. The van der Waals surface area contributed by atoms with E-state index >= 15 is 0 Å². The lowest BCUT2D eigenvalue weighted by atomic mass is 10.1. The van der Waals surface area contributed by atoms with Crippen LogP contribution in [0.3, 0.4) is 0 Å². The minimum atomic E-state index is -1.03. The highest BCUT2D eigenvalue weighted by molar-refractivity contribution is 6.36. The fourth-order valence-corrected chi connectivity index (χ4v) is 1.44. The van der Waals surface area contributed by atoms with Gasteiger partial charge in [0.2, 0.25) is 0 Å². The van der Waals surface area contributed by atoms with E-state index in [1.807, 2.05) is 0 Å². The third kappa shape index (κ3) is 3.49. The summed E-state index contributed by atoms with van der Waals surface area (Å²) in [4.78, 5) is 25.4. The number of halogens is 2. The summed E-state index contributed by atoms with van der Waals surface area (Å²) in [6.07, 6.45) is 0.935. The van der Waals surface area contributed by atoms with Crippen LogP contribution < -0.4 is 0 Å². The van der Waals surface area contributed by atoms with E-state index in [0.29, 0.717) is 5.02 Å². The standard InChI is InChI=1S/C9H7Cl2NO3/c10-5-3-6(11)9(12-4-5)7(13)1-2-8(14)15/h3-4H,1-2H2,(H,14,15). The molecule has 1 aromatic heterocycles. The number of nitrogens with zero attached hydrogens (tertiary/aromatic N) is 1. The first-order valence-electron chi connectivity index (χ1n) is 4.06. The van der Waals surface area contributed by atoms with Gasteiger partial charge >= 0.3 is 5.97 Å². The van der Waals surface area contributed by atoms with Crippen molar-refractivity contribution in [3.8, 4) is 0 Å². The van der Waals surface area contributed by atoms with Crippen molar-refractivity contribution in [1.29, 1.82) is 0 Å². The van der Waals surface area contributed by atoms with Crippen molar-refractivity contribution in [1.82, 2.24) is 4.98 Å². The molecule has 6 heteroatoms. The molecule has 0 aliphatic carbocycles. The molecule has 15 heavy (non-hydrogen) atoms. The quantitative estimate of drug-likeness (QED) is 0.831. The molecule has 1 N–H and O–H groups in total. The molecule has 80 valence electrons. The van der Waals surface area contributed by atoms with Crippen LogP contribution in [0.15, 0.2) is 12.3 Å². The molecule has 0 aliphatic rings. The minimum absolute atomic E-state index is 0.0577. The van der Waals surface area contributed by atoms with Crippen molar-refractivity contribution in [3.05, 3.63) is 28.0 Å². The zero-order valence-electron chi connectivity index (χ0n) is 7.54. The lowest BCUT2D eigenvalue weighted by molar-refractivity contribution is -0.136. The molecule has 0 aliphatic heterocycles. The Labute approximate surface area is 95.8 Å². The zero-order chi connectivity index (χ0) is 11.4. The molecular formula is C9H7Cl2NO3. The van der Waals surface area contributed by atoms with Gasteiger partial charge in [-0.25, -0.2) is 0 Å². The number of ketones is 1. The smallest absolute Gasteiger partial charge is 0.303 e. The van der Waals surface area contributed by atoms with Crippen molar-refractivity contribution in [2.45, 2.75) is 12.8 Å². The van der Waals surface area contributed by atoms with Crippen LogP contribution in [0.4, 0.5) is 0 Å². The Balaban J connectivity index is 2.78. The number of carboxylic acids is 1. The summed E-state index contributed by atoms with van der Waals surface area (Å²) in [6.45, 7) is 0. The van der Waals surface area contributed by atoms with Crippen LogP contribution in [0, 0.1) is 0 Å². The van der Waals surface area contributed by atoms with Crippen molar-refractivity contribution >= 4 is 35.0 Å². The molecule has 0 saturated carbocycles. The first kappa shape index (κ1) is 11.9. The molecule has 0 radical (unpaired) electrons. The van der Waals surface area contributed by atoms with E-state index in [-0.39, 0.29) is 23.6 Å². The van der Waals surface area contributed by atoms with Crippen LogP contribution >= 0.6 is 23.2 Å². The molecule has 1 heterocycles. The number of Topliss-reactive ketones (excluding diaryl/α,β-unsaturated/α-hetero) is 1. The summed E-state index contributed by atoms with van der Waals surface area (Å²) in [6, 6.07) is 1.39. The summed E-state index contributed by atoms with van der Waals surface area (Å²) in [5, 5.41) is 8.86. The summed E-state index contributed by atoms with van der Waals surface area (Å²) < 4.78 is 0. The number of aliphatic carboxylic acids is 1. The average Bonchev–Trinajstić information content (AvgIpc) is 2.14. The third-order valence-electron chi connectivity index (χ3n) is 1.64. The largest absolute Gasteiger partial charge is 0.481 e. The van der Waals surface area contributed by atoms with Crippen LogP contribution in [0.5, 0.6) is 0 Å². The van der Waals surface area contributed by atoms with Crippen LogP contribution in [0.2, 0.25) is 10.0 Å². The predicted octanol–water partition coefficient (Wildman–Crippen LogP) is 2.44. The van der Waals surface area contributed by atoms with Crippen molar-refractivity contribution in [2.75, 3.05) is 0 Å². The van der Waals surface area contributed by atoms with Crippen LogP contribution in [0.25, 0.3) is 0 Å². The van der Waals surface area contributed by atoms with Gasteiger partial charge in [0, 0.05) is 12.6 Å². The molecule has 0 fully saturated rings. The third-order valence-corrected chi connectivity index (χ3v) is 2.13. The minimum Gasteiger partial charge on any atom is -0.481 e. The number of carbonyl (C=O) groups is 2. The Bertz CT molecular complexity index is 406. The Morgan fingerprint density at radius 1 is 1.33 bits per heavy atom. The number of aromatic nitrogens is 1. The average molecular weight is 248 g/mol. The molecule has 0 unspecified atom stereocenters. The Morgan fingerprint density at radius 2 is 2.00 bits per heavy atom. The molecule has 0 saturated heterocycles. The highest BCUT2D eigenvalue weighted by Crippen LogP contribution is 2.19. The maximum Gasteiger partial charge on any atom is 0.303 e. The van der Waals surface area contributed by atoms with Gasteiger partial charge in [-0.05, 0) is 6.07 Å². The van der Waals surface area contributed by atoms with Gasteiger partial charge in [0.25, 0.3) is 0 Å². The fraction of sp³-hybridized carbons (Fsp3) is 0.222. The molecule has 0 aromatic carbocycles. The Morgan fingerprint density at radius 3 is 2.53 bits per heavy atom. The molecule has 4 nitrogen and oxygen atoms in total. The molecule has 0 amide bonds. The maximum atomic E-state index is 11.4. The number of pyridine rings is 1.